The fourth-order valence-electron chi connectivity index (χ4n) is 3.66. The molecule has 2 aliphatic rings. The Morgan fingerprint density at radius 1 is 1.00 bits per heavy atom. The van der Waals surface area contributed by atoms with Crippen LogP contribution in [0.3, 0.4) is 0 Å². The summed E-state index contributed by atoms with van der Waals surface area (Å²) in [5, 5.41) is -0.206. The lowest BCUT2D eigenvalue weighted by Crippen LogP contribution is -2.44. The number of methoxy groups -OCH3 is 1. The predicted octanol–water partition coefficient (Wildman–Crippen LogP) is 2.43. The van der Waals surface area contributed by atoms with E-state index in [4.69, 9.17) is 9.47 Å². The second kappa shape index (κ2) is 8.31. The monoisotopic (exact) mass is 369 g/mol. The van der Waals surface area contributed by atoms with Crippen LogP contribution in [0.25, 0.3) is 0 Å². The number of sulfonamides is 1. The van der Waals surface area contributed by atoms with Gasteiger partial charge >= 0.3 is 0 Å². The fourth-order valence-corrected chi connectivity index (χ4v) is 5.51. The molecule has 0 aliphatic heterocycles. The van der Waals surface area contributed by atoms with Gasteiger partial charge in [-0.1, -0.05) is 19.3 Å². The number of nitrogens with one attached hydrogen (secondary N) is 1. The van der Waals surface area contributed by atoms with Crippen LogP contribution in [-0.2, 0) is 10.0 Å². The van der Waals surface area contributed by atoms with Crippen molar-refractivity contribution in [3.63, 3.8) is 0 Å². The van der Waals surface area contributed by atoms with E-state index in [1.165, 1.54) is 13.3 Å². The lowest BCUT2D eigenvalue weighted by molar-refractivity contribution is 0.136. The maximum atomic E-state index is 12.5. The molecule has 8 heteroatoms. The van der Waals surface area contributed by atoms with E-state index >= 15 is 0 Å². The van der Waals surface area contributed by atoms with Crippen LogP contribution < -0.4 is 14.2 Å². The molecule has 25 heavy (non-hydrogen) atoms. The number of hydrogen-bond acceptors (Lipinski definition) is 6. The minimum atomic E-state index is -3.20. The molecule has 140 valence electrons. The summed E-state index contributed by atoms with van der Waals surface area (Å²) in [6.45, 7) is 0. The van der Waals surface area contributed by atoms with Gasteiger partial charge in [-0.25, -0.2) is 13.1 Å². The number of aromatic nitrogens is 2. The van der Waals surface area contributed by atoms with Crippen molar-refractivity contribution in [2.24, 2.45) is 0 Å². The molecule has 0 saturated heterocycles. The number of ether oxygens (including phenoxy) is 2. The molecule has 1 aromatic rings. The number of rotatable bonds is 6. The molecule has 2 fully saturated rings. The molecule has 2 aliphatic carbocycles. The SMILES string of the molecule is COc1cncc(OC2CCC(NS(=O)(=O)C3CCCCC3)CC2)n1. The van der Waals surface area contributed by atoms with E-state index in [1.807, 2.05) is 0 Å². The van der Waals surface area contributed by atoms with Crippen molar-refractivity contribution in [1.82, 2.24) is 14.7 Å². The Hall–Kier alpha value is -1.41. The third-order valence-corrected chi connectivity index (χ3v) is 7.09. The second-order valence-corrected chi connectivity index (χ2v) is 8.91. The van der Waals surface area contributed by atoms with Gasteiger partial charge in [0.25, 0.3) is 0 Å². The second-order valence-electron chi connectivity index (χ2n) is 6.91. The summed E-state index contributed by atoms with van der Waals surface area (Å²) in [6, 6.07) is 0.0168. The molecule has 1 N–H and O–H groups in total. The average molecular weight is 369 g/mol. The first-order chi connectivity index (χ1) is 12.1. The molecule has 1 heterocycles. The highest BCUT2D eigenvalue weighted by atomic mass is 32.2. The highest BCUT2D eigenvalue weighted by Crippen LogP contribution is 2.27. The van der Waals surface area contributed by atoms with Crippen molar-refractivity contribution < 1.29 is 17.9 Å². The molecular weight excluding hydrogens is 342 g/mol. The predicted molar refractivity (Wildman–Crippen MR) is 94.2 cm³/mol. The molecule has 0 amide bonds. The lowest BCUT2D eigenvalue weighted by Gasteiger charge is -2.31. The van der Waals surface area contributed by atoms with Crippen LogP contribution in [0.5, 0.6) is 11.8 Å². The number of nitrogens with zero attached hydrogens (tertiary/aromatic N) is 2. The van der Waals surface area contributed by atoms with Crippen LogP contribution >= 0.6 is 0 Å². The van der Waals surface area contributed by atoms with Gasteiger partial charge in [0.05, 0.1) is 24.8 Å². The van der Waals surface area contributed by atoms with Gasteiger partial charge in [-0.05, 0) is 38.5 Å². The van der Waals surface area contributed by atoms with Gasteiger partial charge in [-0.2, -0.15) is 4.98 Å². The van der Waals surface area contributed by atoms with E-state index in [-0.39, 0.29) is 17.4 Å². The Morgan fingerprint density at radius 3 is 2.36 bits per heavy atom. The third kappa shape index (κ3) is 5.04. The van der Waals surface area contributed by atoms with Crippen molar-refractivity contribution in [3.05, 3.63) is 12.4 Å². The van der Waals surface area contributed by atoms with E-state index in [0.717, 1.165) is 57.8 Å². The Morgan fingerprint density at radius 2 is 1.68 bits per heavy atom. The molecule has 7 nitrogen and oxygen atoms in total. The summed E-state index contributed by atoms with van der Waals surface area (Å²) < 4.78 is 38.9. The number of hydrogen-bond donors (Lipinski definition) is 1. The van der Waals surface area contributed by atoms with Crippen molar-refractivity contribution in [1.29, 1.82) is 0 Å². The molecular formula is C17H27N3O4S. The minimum absolute atomic E-state index is 0.0168. The van der Waals surface area contributed by atoms with Crippen molar-refractivity contribution in [2.75, 3.05) is 7.11 Å². The van der Waals surface area contributed by atoms with Crippen LogP contribution in [0.15, 0.2) is 12.4 Å². The molecule has 2 saturated carbocycles. The topological polar surface area (TPSA) is 90.4 Å². The maximum absolute atomic E-state index is 12.5. The van der Waals surface area contributed by atoms with Gasteiger partial charge in [-0.3, -0.25) is 4.98 Å². The zero-order valence-corrected chi connectivity index (χ0v) is 15.5. The van der Waals surface area contributed by atoms with Gasteiger partial charge in [-0.15, -0.1) is 0 Å². The molecule has 3 rings (SSSR count). The van der Waals surface area contributed by atoms with Crippen LogP contribution in [0.4, 0.5) is 0 Å². The molecule has 0 spiro atoms. The van der Waals surface area contributed by atoms with Crippen LogP contribution in [-0.4, -0.2) is 42.9 Å². The lowest BCUT2D eigenvalue weighted by atomic mass is 9.94. The Labute approximate surface area is 149 Å². The van der Waals surface area contributed by atoms with Crippen molar-refractivity contribution in [3.8, 4) is 11.8 Å². The quantitative estimate of drug-likeness (QED) is 0.828. The summed E-state index contributed by atoms with van der Waals surface area (Å²) in [5.74, 6) is 0.872. The first-order valence-electron chi connectivity index (χ1n) is 9.10. The van der Waals surface area contributed by atoms with Crippen LogP contribution in [0, 0.1) is 0 Å². The summed E-state index contributed by atoms with van der Waals surface area (Å²) in [5.41, 5.74) is 0. The molecule has 1 aromatic heterocycles. The largest absolute Gasteiger partial charge is 0.480 e. The zero-order chi connectivity index (χ0) is 17.7. The smallest absolute Gasteiger partial charge is 0.235 e. The maximum Gasteiger partial charge on any atom is 0.235 e. The van der Waals surface area contributed by atoms with Gasteiger partial charge in [0.15, 0.2) is 0 Å². The highest BCUT2D eigenvalue weighted by molar-refractivity contribution is 7.90. The van der Waals surface area contributed by atoms with Crippen LogP contribution in [0.1, 0.15) is 57.8 Å². The van der Waals surface area contributed by atoms with E-state index in [0.29, 0.717) is 11.8 Å². The van der Waals surface area contributed by atoms with Gasteiger partial charge < -0.3 is 9.47 Å². The highest BCUT2D eigenvalue weighted by Gasteiger charge is 2.31. The molecule has 0 unspecified atom stereocenters. The molecule has 0 aromatic carbocycles. The third-order valence-electron chi connectivity index (χ3n) is 5.08. The van der Waals surface area contributed by atoms with E-state index < -0.39 is 10.0 Å². The van der Waals surface area contributed by atoms with E-state index in [2.05, 4.69) is 14.7 Å². The summed E-state index contributed by atoms with van der Waals surface area (Å²) >= 11 is 0. The zero-order valence-electron chi connectivity index (χ0n) is 14.7. The van der Waals surface area contributed by atoms with Crippen molar-refractivity contribution >= 4 is 10.0 Å². The Kier molecular flexibility index (Phi) is 6.11. The standard InChI is InChI=1S/C17H27N3O4S/c1-23-16-11-18-12-17(19-16)24-14-9-7-13(8-10-14)20-25(21,22)15-5-3-2-4-6-15/h11-15,20H,2-10H2,1H3. The van der Waals surface area contributed by atoms with Gasteiger partial charge in [0, 0.05) is 6.04 Å². The summed E-state index contributed by atoms with van der Waals surface area (Å²) in [4.78, 5) is 8.24. The van der Waals surface area contributed by atoms with Crippen molar-refractivity contribution in [2.45, 2.75) is 75.2 Å². The Bertz CT molecular complexity index is 654. The minimum Gasteiger partial charge on any atom is -0.480 e. The van der Waals surface area contributed by atoms with Gasteiger partial charge in [0.1, 0.15) is 6.10 Å². The first-order valence-corrected chi connectivity index (χ1v) is 10.7. The van der Waals surface area contributed by atoms with E-state index in [9.17, 15) is 8.42 Å². The average Bonchev–Trinajstić information content (AvgIpc) is 2.64. The van der Waals surface area contributed by atoms with Crippen LogP contribution in [0.2, 0.25) is 0 Å². The normalized spacial score (nSPS) is 25.5. The van der Waals surface area contributed by atoms with Gasteiger partial charge in [0.2, 0.25) is 21.8 Å². The molecule has 0 radical (unpaired) electrons. The summed E-state index contributed by atoms with van der Waals surface area (Å²) in [7, 11) is -1.66. The Balaban J connectivity index is 1.48. The summed E-state index contributed by atoms with van der Waals surface area (Å²) in [6.07, 6.45) is 11.1. The van der Waals surface area contributed by atoms with E-state index in [1.54, 1.807) is 6.20 Å². The molecule has 0 atom stereocenters. The molecule has 0 bridgehead atoms. The first kappa shape index (κ1) is 18.4. The fraction of sp³-hybridized carbons (Fsp3) is 0.765.